The van der Waals surface area contributed by atoms with E-state index in [1.54, 1.807) is 0 Å². The lowest BCUT2D eigenvalue weighted by atomic mass is 10.0. The summed E-state index contributed by atoms with van der Waals surface area (Å²) < 4.78 is 22.7. The van der Waals surface area contributed by atoms with E-state index in [0.717, 1.165) is 6.42 Å². The third kappa shape index (κ3) is 3.30. The first-order valence-corrected chi connectivity index (χ1v) is 7.81. The van der Waals surface area contributed by atoms with Gasteiger partial charge in [-0.3, -0.25) is 0 Å². The van der Waals surface area contributed by atoms with Crippen molar-refractivity contribution in [3.63, 3.8) is 0 Å². The molecule has 1 aromatic carbocycles. The Labute approximate surface area is 103 Å². The lowest BCUT2D eigenvalue weighted by Gasteiger charge is -2.19. The van der Waals surface area contributed by atoms with E-state index < -0.39 is 9.84 Å². The van der Waals surface area contributed by atoms with Crippen LogP contribution in [0.1, 0.15) is 30.5 Å². The summed E-state index contributed by atoms with van der Waals surface area (Å²) in [6.07, 6.45) is 0.735. The topological polar surface area (TPSA) is 46.2 Å². The van der Waals surface area contributed by atoms with Gasteiger partial charge in [0.15, 0.2) is 9.84 Å². The lowest BCUT2D eigenvalue weighted by Crippen LogP contribution is -2.32. The molecule has 2 rings (SSSR count). The summed E-state index contributed by atoms with van der Waals surface area (Å²) in [5.41, 5.74) is 2.45. The van der Waals surface area contributed by atoms with Crippen molar-refractivity contribution < 1.29 is 8.42 Å². The van der Waals surface area contributed by atoms with Crippen molar-refractivity contribution in [1.82, 2.24) is 5.32 Å². The average Bonchev–Trinajstić information content (AvgIpc) is 2.58. The molecular weight excluding hydrogens is 234 g/mol. The maximum atomic E-state index is 11.4. The van der Waals surface area contributed by atoms with E-state index in [4.69, 9.17) is 0 Å². The third-order valence-electron chi connectivity index (χ3n) is 3.26. The fraction of sp³-hybridized carbons (Fsp3) is 0.538. The summed E-state index contributed by atoms with van der Waals surface area (Å²) in [7, 11) is -2.79. The minimum atomic E-state index is -2.79. The van der Waals surface area contributed by atoms with Gasteiger partial charge in [0.2, 0.25) is 0 Å². The Morgan fingerprint density at radius 2 is 2.18 bits per heavy atom. The molecule has 0 saturated carbocycles. The first-order valence-electron chi connectivity index (χ1n) is 5.99. The number of sulfone groups is 1. The van der Waals surface area contributed by atoms with Gasteiger partial charge >= 0.3 is 0 Å². The molecule has 0 amide bonds. The maximum Gasteiger partial charge on any atom is 0.151 e. The highest BCUT2D eigenvalue weighted by Gasteiger charge is 2.28. The second kappa shape index (κ2) is 4.78. The quantitative estimate of drug-likeness (QED) is 0.894. The molecule has 0 aromatic heterocycles. The molecule has 94 valence electrons. The molecule has 1 aliphatic heterocycles. The van der Waals surface area contributed by atoms with Gasteiger partial charge in [-0.2, -0.15) is 0 Å². The van der Waals surface area contributed by atoms with Crippen molar-refractivity contribution in [2.75, 3.05) is 11.5 Å². The van der Waals surface area contributed by atoms with Crippen LogP contribution >= 0.6 is 0 Å². The highest BCUT2D eigenvalue weighted by molar-refractivity contribution is 7.91. The molecule has 0 spiro atoms. The molecular formula is C13H19NO2S. The maximum absolute atomic E-state index is 11.4. The van der Waals surface area contributed by atoms with Crippen LogP contribution in [0.2, 0.25) is 0 Å². The molecule has 0 radical (unpaired) electrons. The van der Waals surface area contributed by atoms with Crippen LogP contribution < -0.4 is 5.32 Å². The van der Waals surface area contributed by atoms with E-state index in [-0.39, 0.29) is 17.8 Å². The number of benzene rings is 1. The number of hydrogen-bond donors (Lipinski definition) is 1. The molecule has 17 heavy (non-hydrogen) atoms. The van der Waals surface area contributed by atoms with Gasteiger partial charge in [-0.15, -0.1) is 0 Å². The highest BCUT2D eigenvalue weighted by atomic mass is 32.2. The molecule has 1 aromatic rings. The van der Waals surface area contributed by atoms with Crippen molar-refractivity contribution in [1.29, 1.82) is 0 Å². The molecule has 1 saturated heterocycles. The van der Waals surface area contributed by atoms with E-state index in [1.165, 1.54) is 11.1 Å². The molecule has 0 bridgehead atoms. The standard InChI is InChI=1S/C13H19NO2S/c1-10-4-3-5-12(8-10)11(2)14-13-6-7-17(15,16)9-13/h3-5,8,11,13-14H,6-7,9H2,1-2H3/t11-,13?/m1/s1. The Morgan fingerprint density at radius 3 is 2.76 bits per heavy atom. The van der Waals surface area contributed by atoms with Crippen LogP contribution in [-0.2, 0) is 9.84 Å². The van der Waals surface area contributed by atoms with Gasteiger partial charge in [0.05, 0.1) is 11.5 Å². The number of rotatable bonds is 3. The molecule has 1 fully saturated rings. The fourth-order valence-electron chi connectivity index (χ4n) is 2.32. The van der Waals surface area contributed by atoms with Gasteiger partial charge in [-0.25, -0.2) is 8.42 Å². The monoisotopic (exact) mass is 253 g/mol. The first-order chi connectivity index (χ1) is 7.96. The number of hydrogen-bond acceptors (Lipinski definition) is 3. The highest BCUT2D eigenvalue weighted by Crippen LogP contribution is 2.18. The SMILES string of the molecule is Cc1cccc([C@@H](C)NC2CCS(=O)(=O)C2)c1. The van der Waals surface area contributed by atoms with Gasteiger partial charge in [0, 0.05) is 12.1 Å². The van der Waals surface area contributed by atoms with Crippen LogP contribution in [0, 0.1) is 6.92 Å². The normalized spacial score (nSPS) is 24.7. The molecule has 2 atom stereocenters. The van der Waals surface area contributed by atoms with Gasteiger partial charge in [-0.05, 0) is 25.8 Å². The summed E-state index contributed by atoms with van der Waals surface area (Å²) in [6, 6.07) is 8.63. The van der Waals surface area contributed by atoms with E-state index in [2.05, 4.69) is 37.4 Å². The van der Waals surface area contributed by atoms with Crippen LogP contribution in [0.3, 0.4) is 0 Å². The Kier molecular flexibility index (Phi) is 3.54. The molecule has 3 nitrogen and oxygen atoms in total. The fourth-order valence-corrected chi connectivity index (χ4v) is 4.00. The van der Waals surface area contributed by atoms with Crippen molar-refractivity contribution >= 4 is 9.84 Å². The molecule has 1 heterocycles. The summed E-state index contributed by atoms with van der Waals surface area (Å²) in [5, 5.41) is 3.40. The van der Waals surface area contributed by atoms with Crippen molar-refractivity contribution in [3.05, 3.63) is 35.4 Å². The average molecular weight is 253 g/mol. The van der Waals surface area contributed by atoms with Gasteiger partial charge in [-0.1, -0.05) is 29.8 Å². The van der Waals surface area contributed by atoms with Crippen molar-refractivity contribution in [2.24, 2.45) is 0 Å². The van der Waals surface area contributed by atoms with Gasteiger partial charge in [0.25, 0.3) is 0 Å². The van der Waals surface area contributed by atoms with Gasteiger partial charge < -0.3 is 5.32 Å². The summed E-state index contributed by atoms with van der Waals surface area (Å²) in [4.78, 5) is 0. The zero-order chi connectivity index (χ0) is 12.5. The van der Waals surface area contributed by atoms with Crippen LogP contribution in [0.4, 0.5) is 0 Å². The molecule has 4 heteroatoms. The van der Waals surface area contributed by atoms with Crippen LogP contribution in [0.15, 0.2) is 24.3 Å². The minimum absolute atomic E-state index is 0.107. The second-order valence-corrected chi connectivity index (χ2v) is 7.13. The molecule has 1 aliphatic rings. The second-order valence-electron chi connectivity index (χ2n) is 4.90. The summed E-state index contributed by atoms with van der Waals surface area (Å²) in [5.74, 6) is 0.606. The lowest BCUT2D eigenvalue weighted by molar-refractivity contribution is 0.485. The molecule has 1 unspecified atom stereocenters. The van der Waals surface area contributed by atoms with Crippen LogP contribution in [-0.4, -0.2) is 26.0 Å². The van der Waals surface area contributed by atoms with Crippen LogP contribution in [0.5, 0.6) is 0 Å². The Hall–Kier alpha value is -0.870. The third-order valence-corrected chi connectivity index (χ3v) is 5.03. The van der Waals surface area contributed by atoms with Crippen molar-refractivity contribution in [3.8, 4) is 0 Å². The summed E-state index contributed by atoms with van der Waals surface area (Å²) in [6.45, 7) is 4.15. The van der Waals surface area contributed by atoms with E-state index in [9.17, 15) is 8.42 Å². The Morgan fingerprint density at radius 1 is 1.41 bits per heavy atom. The predicted octanol–water partition coefficient (Wildman–Crippen LogP) is 1.83. The first kappa shape index (κ1) is 12.6. The summed E-state index contributed by atoms with van der Waals surface area (Å²) >= 11 is 0. The zero-order valence-electron chi connectivity index (χ0n) is 10.3. The minimum Gasteiger partial charge on any atom is -0.306 e. The van der Waals surface area contributed by atoms with Crippen molar-refractivity contribution in [2.45, 2.75) is 32.4 Å². The Bertz CT molecular complexity index is 496. The molecule has 1 N–H and O–H groups in total. The number of aryl methyl sites for hydroxylation is 1. The van der Waals surface area contributed by atoms with E-state index in [0.29, 0.717) is 5.75 Å². The van der Waals surface area contributed by atoms with Crippen LogP contribution in [0.25, 0.3) is 0 Å². The smallest absolute Gasteiger partial charge is 0.151 e. The van der Waals surface area contributed by atoms with Gasteiger partial charge in [0.1, 0.15) is 0 Å². The Balaban J connectivity index is 2.00. The van der Waals surface area contributed by atoms with E-state index >= 15 is 0 Å². The number of nitrogens with one attached hydrogen (secondary N) is 1. The largest absolute Gasteiger partial charge is 0.306 e. The van der Waals surface area contributed by atoms with E-state index in [1.807, 2.05) is 6.07 Å². The predicted molar refractivity (Wildman–Crippen MR) is 69.8 cm³/mol. The molecule has 0 aliphatic carbocycles. The zero-order valence-corrected chi connectivity index (χ0v) is 11.1.